The van der Waals surface area contributed by atoms with Gasteiger partial charge in [0, 0.05) is 16.0 Å². The first-order valence-corrected chi connectivity index (χ1v) is 7.22. The third kappa shape index (κ3) is 4.52. The summed E-state index contributed by atoms with van der Waals surface area (Å²) in [6.07, 6.45) is 1.56. The summed E-state index contributed by atoms with van der Waals surface area (Å²) in [5.74, 6) is -0.0228. The molecule has 0 aliphatic carbocycles. The number of thiophene rings is 1. The molecular formula is C13H10Cl2N2O2S. The van der Waals surface area contributed by atoms with Gasteiger partial charge >= 0.3 is 0 Å². The van der Waals surface area contributed by atoms with Crippen LogP contribution in [0.2, 0.25) is 10.0 Å². The predicted molar refractivity (Wildman–Crippen MR) is 82.0 cm³/mol. The molecule has 1 amide bonds. The number of hydrogen-bond acceptors (Lipinski definition) is 4. The van der Waals surface area contributed by atoms with E-state index in [1.807, 2.05) is 17.5 Å². The number of hydrazone groups is 1. The molecule has 4 nitrogen and oxygen atoms in total. The minimum atomic E-state index is -0.381. The van der Waals surface area contributed by atoms with Crippen molar-refractivity contribution in [3.8, 4) is 5.75 Å². The van der Waals surface area contributed by atoms with E-state index in [1.165, 1.54) is 11.3 Å². The summed E-state index contributed by atoms with van der Waals surface area (Å²) in [6, 6.07) is 8.58. The average Bonchev–Trinajstić information content (AvgIpc) is 2.93. The van der Waals surface area contributed by atoms with Crippen LogP contribution in [0.25, 0.3) is 0 Å². The maximum Gasteiger partial charge on any atom is 0.277 e. The molecule has 0 bridgehead atoms. The Morgan fingerprint density at radius 2 is 2.25 bits per heavy atom. The predicted octanol–water partition coefficient (Wildman–Crippen LogP) is 3.58. The number of halogens is 2. The van der Waals surface area contributed by atoms with Crippen LogP contribution in [0.4, 0.5) is 0 Å². The van der Waals surface area contributed by atoms with Gasteiger partial charge < -0.3 is 4.74 Å². The summed E-state index contributed by atoms with van der Waals surface area (Å²) >= 11 is 13.2. The number of carbonyl (C=O) groups excluding carboxylic acids is 1. The first kappa shape index (κ1) is 14.8. The van der Waals surface area contributed by atoms with Crippen molar-refractivity contribution in [2.45, 2.75) is 0 Å². The number of benzene rings is 1. The number of hydrogen-bond donors (Lipinski definition) is 1. The lowest BCUT2D eigenvalue weighted by Gasteiger charge is -2.07. The Morgan fingerprint density at radius 1 is 1.40 bits per heavy atom. The molecule has 2 rings (SSSR count). The highest BCUT2D eigenvalue weighted by atomic mass is 35.5. The van der Waals surface area contributed by atoms with Crippen LogP contribution in [0.15, 0.2) is 40.8 Å². The molecule has 0 saturated heterocycles. The van der Waals surface area contributed by atoms with Crippen LogP contribution < -0.4 is 10.2 Å². The number of amides is 1. The van der Waals surface area contributed by atoms with E-state index in [-0.39, 0.29) is 12.5 Å². The highest BCUT2D eigenvalue weighted by Crippen LogP contribution is 2.27. The van der Waals surface area contributed by atoms with E-state index in [4.69, 9.17) is 27.9 Å². The smallest absolute Gasteiger partial charge is 0.277 e. The average molecular weight is 329 g/mol. The zero-order valence-electron chi connectivity index (χ0n) is 10.2. The quantitative estimate of drug-likeness (QED) is 0.673. The lowest BCUT2D eigenvalue weighted by molar-refractivity contribution is -0.123. The monoisotopic (exact) mass is 328 g/mol. The van der Waals surface area contributed by atoms with Crippen molar-refractivity contribution in [3.63, 3.8) is 0 Å². The fourth-order valence-electron chi connectivity index (χ4n) is 1.30. The maximum atomic E-state index is 11.5. The second kappa shape index (κ2) is 7.28. The van der Waals surface area contributed by atoms with Crippen molar-refractivity contribution in [3.05, 3.63) is 50.6 Å². The Balaban J connectivity index is 1.82. The van der Waals surface area contributed by atoms with Crippen molar-refractivity contribution in [2.75, 3.05) is 6.61 Å². The van der Waals surface area contributed by atoms with Gasteiger partial charge in [0.05, 0.1) is 11.2 Å². The fourth-order valence-corrected chi connectivity index (χ4v) is 2.22. The minimum Gasteiger partial charge on any atom is -0.482 e. The van der Waals surface area contributed by atoms with Gasteiger partial charge in [-0.2, -0.15) is 5.10 Å². The van der Waals surface area contributed by atoms with Gasteiger partial charge in [0.15, 0.2) is 6.61 Å². The zero-order chi connectivity index (χ0) is 14.4. The molecule has 20 heavy (non-hydrogen) atoms. The molecule has 0 saturated carbocycles. The van der Waals surface area contributed by atoms with Crippen molar-refractivity contribution >= 4 is 46.7 Å². The summed E-state index contributed by atoms with van der Waals surface area (Å²) in [6.45, 7) is -0.193. The second-order valence-electron chi connectivity index (χ2n) is 3.67. The minimum absolute atomic E-state index is 0.193. The first-order chi connectivity index (χ1) is 9.65. The van der Waals surface area contributed by atoms with Crippen molar-refractivity contribution in [2.24, 2.45) is 5.10 Å². The summed E-state index contributed by atoms with van der Waals surface area (Å²) in [5, 5.41) is 6.62. The summed E-state index contributed by atoms with van der Waals surface area (Å²) in [7, 11) is 0. The molecule has 1 heterocycles. The zero-order valence-corrected chi connectivity index (χ0v) is 12.5. The third-order valence-electron chi connectivity index (χ3n) is 2.18. The normalized spacial score (nSPS) is 10.7. The van der Waals surface area contributed by atoms with E-state index in [9.17, 15) is 4.79 Å². The van der Waals surface area contributed by atoms with Crippen LogP contribution in [-0.4, -0.2) is 18.7 Å². The van der Waals surface area contributed by atoms with Gasteiger partial charge in [0.25, 0.3) is 5.91 Å². The van der Waals surface area contributed by atoms with Gasteiger partial charge in [-0.1, -0.05) is 29.3 Å². The molecule has 2 aromatic rings. The Morgan fingerprint density at radius 3 is 3.00 bits per heavy atom. The Labute approximate surface area is 130 Å². The molecule has 0 atom stereocenters. The molecule has 0 aliphatic rings. The fraction of sp³-hybridized carbons (Fsp3) is 0.0769. The van der Waals surface area contributed by atoms with Crippen LogP contribution in [0.3, 0.4) is 0 Å². The van der Waals surface area contributed by atoms with E-state index in [0.717, 1.165) is 4.88 Å². The van der Waals surface area contributed by atoms with Crippen LogP contribution >= 0.6 is 34.5 Å². The molecule has 0 radical (unpaired) electrons. The lowest BCUT2D eigenvalue weighted by atomic mass is 10.3. The van der Waals surface area contributed by atoms with E-state index < -0.39 is 0 Å². The van der Waals surface area contributed by atoms with E-state index >= 15 is 0 Å². The second-order valence-corrected chi connectivity index (χ2v) is 5.49. The van der Waals surface area contributed by atoms with Gasteiger partial charge in [-0.25, -0.2) is 5.43 Å². The van der Waals surface area contributed by atoms with E-state index in [2.05, 4.69) is 10.5 Å². The molecule has 0 fully saturated rings. The molecular weight excluding hydrogens is 319 g/mol. The van der Waals surface area contributed by atoms with Crippen LogP contribution in [0.5, 0.6) is 5.75 Å². The summed E-state index contributed by atoms with van der Waals surface area (Å²) < 4.78 is 5.27. The van der Waals surface area contributed by atoms with Crippen LogP contribution in [0, 0.1) is 0 Å². The van der Waals surface area contributed by atoms with Crippen LogP contribution in [-0.2, 0) is 4.79 Å². The Bertz CT molecular complexity index is 615. The van der Waals surface area contributed by atoms with Gasteiger partial charge in [0.1, 0.15) is 5.75 Å². The van der Waals surface area contributed by atoms with Crippen molar-refractivity contribution in [1.29, 1.82) is 0 Å². The summed E-state index contributed by atoms with van der Waals surface area (Å²) in [5.41, 5.74) is 2.36. The number of carbonyl (C=O) groups is 1. The van der Waals surface area contributed by atoms with Crippen molar-refractivity contribution < 1.29 is 9.53 Å². The largest absolute Gasteiger partial charge is 0.482 e. The van der Waals surface area contributed by atoms with Gasteiger partial charge in [-0.05, 0) is 23.6 Å². The lowest BCUT2D eigenvalue weighted by Crippen LogP contribution is -2.24. The number of ether oxygens (including phenoxy) is 1. The molecule has 0 spiro atoms. The van der Waals surface area contributed by atoms with E-state index in [0.29, 0.717) is 15.8 Å². The molecule has 0 aliphatic heterocycles. The third-order valence-corrected chi connectivity index (χ3v) is 3.53. The molecule has 0 unspecified atom stereocenters. The Hall–Kier alpha value is -1.56. The number of rotatable bonds is 5. The molecule has 7 heteroatoms. The highest BCUT2D eigenvalue weighted by molar-refractivity contribution is 7.11. The maximum absolute atomic E-state index is 11.5. The van der Waals surface area contributed by atoms with Gasteiger partial charge in [-0.3, -0.25) is 4.79 Å². The van der Waals surface area contributed by atoms with E-state index in [1.54, 1.807) is 24.4 Å². The number of nitrogens with one attached hydrogen (secondary N) is 1. The standard InChI is InChI=1S/C13H10Cl2N2O2S/c14-9-3-4-11(15)12(6-9)19-8-13(18)17-16-7-10-2-1-5-20-10/h1-7H,8H2,(H,17,18). The van der Waals surface area contributed by atoms with Crippen LogP contribution in [0.1, 0.15) is 4.88 Å². The number of nitrogens with zero attached hydrogens (tertiary/aromatic N) is 1. The Kier molecular flexibility index (Phi) is 5.40. The van der Waals surface area contributed by atoms with Gasteiger partial charge in [-0.15, -0.1) is 11.3 Å². The SMILES string of the molecule is O=C(COc1cc(Cl)ccc1Cl)NN=Cc1cccs1. The summed E-state index contributed by atoms with van der Waals surface area (Å²) in [4.78, 5) is 12.5. The highest BCUT2D eigenvalue weighted by Gasteiger charge is 2.05. The molecule has 1 aromatic heterocycles. The topological polar surface area (TPSA) is 50.7 Å². The van der Waals surface area contributed by atoms with Crippen molar-refractivity contribution in [1.82, 2.24) is 5.43 Å². The first-order valence-electron chi connectivity index (χ1n) is 5.58. The van der Waals surface area contributed by atoms with Gasteiger partial charge in [0.2, 0.25) is 0 Å². The molecule has 104 valence electrons. The molecule has 1 aromatic carbocycles. The molecule has 1 N–H and O–H groups in total.